The highest BCUT2D eigenvalue weighted by Gasteiger charge is 2.61. The quantitative estimate of drug-likeness (QED) is 0.0143. The van der Waals surface area contributed by atoms with Crippen LogP contribution in [-0.2, 0) is 57.7 Å². The first-order valence-electron chi connectivity index (χ1n) is 28.6. The van der Waals surface area contributed by atoms with Gasteiger partial charge in [-0.2, -0.15) is 0 Å². The molecule has 404 valence electrons. The first-order valence-corrected chi connectivity index (χ1v) is 28.6. The Labute approximate surface area is 425 Å². The lowest BCUT2D eigenvalue weighted by atomic mass is 9.61. The number of ether oxygens (including phenoxy) is 4. The maximum atomic E-state index is 12.4. The third-order valence-electron chi connectivity index (χ3n) is 15.7. The number of unbranched alkanes of at least 4 members (excludes halogenated alkanes) is 16. The number of carbonyl (C=O) groups is 4. The molecule has 3 aliphatic rings. The van der Waals surface area contributed by atoms with Gasteiger partial charge in [0.15, 0.2) is 0 Å². The molecule has 3 fully saturated rings. The molecule has 0 spiro atoms. The van der Waals surface area contributed by atoms with Gasteiger partial charge in [-0.15, -0.1) is 13.2 Å². The summed E-state index contributed by atoms with van der Waals surface area (Å²) in [6, 6.07) is 0. The van der Waals surface area contributed by atoms with Crippen LogP contribution in [0.1, 0.15) is 220 Å². The van der Waals surface area contributed by atoms with Crippen LogP contribution in [0.15, 0.2) is 25.3 Å². The van der Waals surface area contributed by atoms with Gasteiger partial charge in [-0.25, -0.2) is 19.6 Å². The van der Waals surface area contributed by atoms with E-state index in [9.17, 15) is 19.2 Å². The second kappa shape index (κ2) is 37.0. The molecule has 8 atom stereocenters. The molecule has 0 heterocycles. The smallest absolute Gasteiger partial charge is 0.315 e. The fraction of sp³-hybridized carbons (Fsp3) is 0.862. The average molecular weight is 989 g/mol. The highest BCUT2D eigenvalue weighted by molar-refractivity contribution is 5.82. The topological polar surface area (TPSA) is 142 Å². The fourth-order valence-electron chi connectivity index (χ4n) is 11.2. The van der Waals surface area contributed by atoms with Crippen LogP contribution in [0.3, 0.4) is 0 Å². The lowest BCUT2D eigenvalue weighted by Crippen LogP contribution is -2.35. The molecule has 8 unspecified atom stereocenters. The third-order valence-corrected chi connectivity index (χ3v) is 15.7. The van der Waals surface area contributed by atoms with Crippen molar-refractivity contribution in [2.75, 3.05) is 52.9 Å². The van der Waals surface area contributed by atoms with Gasteiger partial charge >= 0.3 is 23.9 Å². The van der Waals surface area contributed by atoms with Gasteiger partial charge in [-0.3, -0.25) is 19.2 Å². The zero-order valence-electron chi connectivity index (χ0n) is 44.8. The second-order valence-electron chi connectivity index (χ2n) is 20.9. The number of rotatable bonds is 46. The summed E-state index contributed by atoms with van der Waals surface area (Å²) in [6.45, 7) is 17.1. The minimum Gasteiger partial charge on any atom is -0.465 e. The van der Waals surface area contributed by atoms with Crippen LogP contribution in [0.25, 0.3) is 0 Å². The van der Waals surface area contributed by atoms with E-state index in [2.05, 4.69) is 27.0 Å². The molecule has 0 aromatic carbocycles. The summed E-state index contributed by atoms with van der Waals surface area (Å²) in [6.07, 6.45) is 38.5. The second-order valence-corrected chi connectivity index (χ2v) is 20.9. The number of esters is 4. The molecular weight excluding hydrogens is 889 g/mol. The van der Waals surface area contributed by atoms with Gasteiger partial charge in [-0.1, -0.05) is 154 Å². The van der Waals surface area contributed by atoms with Crippen LogP contribution in [-0.4, -0.2) is 76.7 Å². The zero-order chi connectivity index (χ0) is 50.7. The molecule has 0 aromatic rings. The molecule has 0 aliphatic heterocycles. The Kier molecular flexibility index (Phi) is 32.5. The highest BCUT2D eigenvalue weighted by Crippen LogP contribution is 2.55. The Morgan fingerprint density at radius 2 is 0.800 bits per heavy atom. The lowest BCUT2D eigenvalue weighted by Gasteiger charge is -2.44. The monoisotopic (exact) mass is 989 g/mol. The molecule has 70 heavy (non-hydrogen) atoms. The lowest BCUT2D eigenvalue weighted by molar-refractivity contribution is -0.306. The van der Waals surface area contributed by atoms with E-state index < -0.39 is 10.8 Å². The van der Waals surface area contributed by atoms with Gasteiger partial charge in [0.2, 0.25) is 0 Å². The van der Waals surface area contributed by atoms with Gasteiger partial charge in [-0.05, 0) is 101 Å². The van der Waals surface area contributed by atoms with Crippen molar-refractivity contribution in [2.24, 2.45) is 46.3 Å². The van der Waals surface area contributed by atoms with Crippen molar-refractivity contribution in [1.29, 1.82) is 0 Å². The fourth-order valence-corrected chi connectivity index (χ4v) is 11.2. The van der Waals surface area contributed by atoms with Crippen LogP contribution in [0, 0.1) is 46.3 Å². The summed E-state index contributed by atoms with van der Waals surface area (Å²) < 4.78 is 21.1. The molecule has 0 radical (unpaired) electrons. The Morgan fingerprint density at radius 3 is 1.19 bits per heavy atom. The Balaban J connectivity index is 1.30. The molecule has 3 aliphatic carbocycles. The van der Waals surface area contributed by atoms with Crippen molar-refractivity contribution >= 4 is 23.9 Å². The van der Waals surface area contributed by atoms with E-state index in [4.69, 9.17) is 38.5 Å². The summed E-state index contributed by atoms with van der Waals surface area (Å²) >= 11 is 0. The van der Waals surface area contributed by atoms with E-state index >= 15 is 0 Å². The summed E-state index contributed by atoms with van der Waals surface area (Å²) in [4.78, 5) is 70.4. The van der Waals surface area contributed by atoms with Crippen molar-refractivity contribution < 1.29 is 57.7 Å². The van der Waals surface area contributed by atoms with Gasteiger partial charge in [0, 0.05) is 12.8 Å². The molecule has 0 bridgehead atoms. The summed E-state index contributed by atoms with van der Waals surface area (Å²) in [5.41, 5.74) is -1.42. The van der Waals surface area contributed by atoms with E-state index in [1.165, 1.54) is 128 Å². The van der Waals surface area contributed by atoms with Gasteiger partial charge in [0.05, 0.1) is 26.4 Å². The molecule has 3 rings (SSSR count). The minimum absolute atomic E-state index is 0.0263. The van der Waals surface area contributed by atoms with Crippen molar-refractivity contribution in [1.82, 2.24) is 0 Å². The van der Waals surface area contributed by atoms with Crippen LogP contribution >= 0.6 is 0 Å². The van der Waals surface area contributed by atoms with Crippen LogP contribution in [0.4, 0.5) is 0 Å². The summed E-state index contributed by atoms with van der Waals surface area (Å²) in [7, 11) is 0. The van der Waals surface area contributed by atoms with Gasteiger partial charge < -0.3 is 18.9 Å². The number of carbonyl (C=O) groups excluding carboxylic acids is 4. The molecule has 0 amide bonds. The number of allylic oxidation sites excluding steroid dienone is 2. The molecule has 0 N–H and O–H groups in total. The molecule has 0 saturated heterocycles. The van der Waals surface area contributed by atoms with Crippen molar-refractivity contribution in [3.63, 3.8) is 0 Å². The van der Waals surface area contributed by atoms with Gasteiger partial charge in [0.1, 0.15) is 37.3 Å². The minimum atomic E-state index is -0.712. The molecular formula is C58H100O12. The van der Waals surface area contributed by atoms with Crippen molar-refractivity contribution in [2.45, 2.75) is 220 Å². The third kappa shape index (κ3) is 23.0. The molecule has 0 aromatic heterocycles. The van der Waals surface area contributed by atoms with Crippen LogP contribution in [0.2, 0.25) is 0 Å². The normalized spacial score (nSPS) is 24.7. The number of hydrogen-bond donors (Lipinski definition) is 0. The Morgan fingerprint density at radius 1 is 0.443 bits per heavy atom. The zero-order valence-corrected chi connectivity index (χ0v) is 44.8. The maximum Gasteiger partial charge on any atom is 0.315 e. The molecule has 12 nitrogen and oxygen atoms in total. The van der Waals surface area contributed by atoms with Crippen molar-refractivity contribution in [3.8, 4) is 0 Å². The Bertz CT molecular complexity index is 1450. The van der Waals surface area contributed by atoms with E-state index in [0.29, 0.717) is 38.9 Å². The molecule has 3 saturated carbocycles. The van der Waals surface area contributed by atoms with Crippen molar-refractivity contribution in [3.05, 3.63) is 25.3 Å². The average Bonchev–Trinajstić information content (AvgIpc) is 4.28. The van der Waals surface area contributed by atoms with Crippen LogP contribution < -0.4 is 0 Å². The highest BCUT2D eigenvalue weighted by atomic mass is 17.2. The van der Waals surface area contributed by atoms with Crippen LogP contribution in [0.5, 0.6) is 0 Å². The first kappa shape index (κ1) is 61.5. The van der Waals surface area contributed by atoms with Gasteiger partial charge in [0.25, 0.3) is 0 Å². The van der Waals surface area contributed by atoms with E-state index in [0.717, 1.165) is 62.2 Å². The van der Waals surface area contributed by atoms with E-state index in [1.54, 1.807) is 26.0 Å². The maximum absolute atomic E-state index is 12.4. The summed E-state index contributed by atoms with van der Waals surface area (Å²) in [5.74, 6) is 2.53. The Hall–Kier alpha value is -2.80. The number of hydrogen-bond acceptors (Lipinski definition) is 12. The predicted octanol–water partition coefficient (Wildman–Crippen LogP) is 13.9. The van der Waals surface area contributed by atoms with E-state index in [1.807, 2.05) is 0 Å². The largest absolute Gasteiger partial charge is 0.465 e. The SMILES string of the molecule is C=CC1CC1(COOCCOC(=O)CCCCCCCCC1CCC(CCCCC)C(CCCCCCC)C1CCCCCCCCC(=O)OCCOOCC1(C(=O)OCC)CC1C=C)C(=O)OCC. The van der Waals surface area contributed by atoms with E-state index in [-0.39, 0.29) is 75.4 Å². The summed E-state index contributed by atoms with van der Waals surface area (Å²) in [5, 5.41) is 0. The predicted molar refractivity (Wildman–Crippen MR) is 275 cm³/mol. The standard InChI is InChI=1S/C58H100O12/c1-7-13-15-20-27-33-51-47(31-25-14-8-2)37-38-48(32-26-21-16-18-23-29-35-53(59)65-39-41-67-69-45-57(43-49(57)9-3)55(61)63-11-5)52(51)34-28-22-17-19-24-30-36-54(60)66-40-42-68-70-46-58(44-50(58)10-4)56(62)64-12-6/h9-10,47-52H,3-4,7-8,11-46H2,1-2,5-6H3. The first-order chi connectivity index (χ1) is 34.2. The molecule has 12 heteroatoms.